The minimum absolute atomic E-state index is 0.430. The van der Waals surface area contributed by atoms with Gasteiger partial charge < -0.3 is 18.0 Å². The summed E-state index contributed by atoms with van der Waals surface area (Å²) in [5.74, 6) is 0. The van der Waals surface area contributed by atoms with Crippen LogP contribution in [0.25, 0.3) is 110 Å². The van der Waals surface area contributed by atoms with Gasteiger partial charge in [-0.2, -0.15) is 10.5 Å². The predicted octanol–water partition coefficient (Wildman–Crippen LogP) is 13.1. The Bertz CT molecular complexity index is 3700. The molecular weight excluding hydrogens is 689 g/mol. The van der Waals surface area contributed by atoms with Crippen molar-refractivity contribution in [3.8, 4) is 34.6 Å². The van der Waals surface area contributed by atoms with E-state index >= 15 is 0 Å². The van der Waals surface area contributed by atoms with Crippen LogP contribution in [-0.2, 0) is 0 Å². The van der Waals surface area contributed by atoms with E-state index in [-0.39, 0.29) is 0 Å². The average Bonchev–Trinajstić information content (AvgIpc) is 3.98. The number of fused-ring (bicyclic) bond motifs is 12. The number of rotatable bonds is 3. The van der Waals surface area contributed by atoms with Crippen LogP contribution in [0, 0.1) is 22.7 Å². The fourth-order valence-electron chi connectivity index (χ4n) is 8.84. The van der Waals surface area contributed by atoms with Crippen LogP contribution in [0.2, 0.25) is 0 Å². The van der Waals surface area contributed by atoms with E-state index in [0.717, 1.165) is 110 Å². The molecule has 0 N–H and O–H groups in total. The van der Waals surface area contributed by atoms with E-state index in [1.807, 2.05) is 48.5 Å². The molecule has 0 amide bonds. The second-order valence-electron chi connectivity index (χ2n) is 14.4. The topological polar surface area (TPSA) is 83.7 Å². The quantitative estimate of drug-likeness (QED) is 0.182. The molecule has 4 aromatic heterocycles. The van der Waals surface area contributed by atoms with Gasteiger partial charge in [-0.25, -0.2) is 0 Å². The summed E-state index contributed by atoms with van der Waals surface area (Å²) < 4.78 is 17.2. The van der Waals surface area contributed by atoms with E-state index in [2.05, 4.69) is 124 Å². The van der Waals surface area contributed by atoms with Crippen LogP contribution in [0.4, 0.5) is 0 Å². The molecule has 0 atom stereocenters. The molecule has 0 fully saturated rings. The van der Waals surface area contributed by atoms with Crippen molar-refractivity contribution in [2.45, 2.75) is 0 Å². The molecule has 56 heavy (non-hydrogen) atoms. The standard InChI is InChI=1S/C50H26N4O2/c51-27-29-18-30(28-52)20-34(19-29)54-44-17-15-32(22-38(44)40-24-42-36-11-5-7-13-48(36)56-50(42)26-46(40)54)31-14-16-43-37(21-31)39-23-41-35-10-4-6-12-47(35)55-49(41)25-45(39)53(43)33-8-2-1-3-9-33/h1-26H. The largest absolute Gasteiger partial charge is 0.456 e. The van der Waals surface area contributed by atoms with E-state index in [0.29, 0.717) is 11.1 Å². The number of nitrogens with zero attached hydrogens (tertiary/aromatic N) is 4. The Morgan fingerprint density at radius 1 is 0.339 bits per heavy atom. The third-order valence-electron chi connectivity index (χ3n) is 11.3. The molecule has 0 unspecified atom stereocenters. The van der Waals surface area contributed by atoms with Gasteiger partial charge in [0.2, 0.25) is 0 Å². The summed E-state index contributed by atoms with van der Waals surface area (Å²) in [4.78, 5) is 0. The summed E-state index contributed by atoms with van der Waals surface area (Å²) >= 11 is 0. The second-order valence-corrected chi connectivity index (χ2v) is 14.4. The van der Waals surface area contributed by atoms with Gasteiger partial charge in [-0.05, 0) is 90.0 Å². The molecule has 0 spiro atoms. The molecule has 12 rings (SSSR count). The SMILES string of the molecule is N#Cc1cc(C#N)cc(-n2c3ccc(-c4ccc5c(c4)c4cc6c(cc4n5-c4ccccc4)oc4ccccc46)cc3c3cc4c(cc32)oc2ccccc24)c1. The van der Waals surface area contributed by atoms with Crippen molar-refractivity contribution in [1.29, 1.82) is 10.5 Å². The number of aromatic nitrogens is 2. The van der Waals surface area contributed by atoms with Gasteiger partial charge in [0.1, 0.15) is 22.3 Å². The number of hydrogen-bond acceptors (Lipinski definition) is 4. The number of furan rings is 2. The zero-order chi connectivity index (χ0) is 37.1. The van der Waals surface area contributed by atoms with Gasteiger partial charge in [-0.1, -0.05) is 66.7 Å². The highest BCUT2D eigenvalue weighted by Gasteiger charge is 2.20. The van der Waals surface area contributed by atoms with Crippen LogP contribution < -0.4 is 0 Å². The lowest BCUT2D eigenvalue weighted by Gasteiger charge is -2.10. The van der Waals surface area contributed by atoms with Crippen LogP contribution in [0.5, 0.6) is 0 Å². The molecule has 0 aliphatic heterocycles. The molecule has 0 aliphatic rings. The molecule has 6 heteroatoms. The van der Waals surface area contributed by atoms with E-state index in [1.54, 1.807) is 6.07 Å². The Morgan fingerprint density at radius 2 is 0.804 bits per heavy atom. The minimum Gasteiger partial charge on any atom is -0.456 e. The molecule has 0 saturated heterocycles. The van der Waals surface area contributed by atoms with Crippen molar-refractivity contribution in [1.82, 2.24) is 9.13 Å². The normalized spacial score (nSPS) is 11.9. The summed E-state index contributed by atoms with van der Waals surface area (Å²) in [7, 11) is 0. The maximum atomic E-state index is 9.90. The Labute approximate surface area is 318 Å². The molecule has 0 aliphatic carbocycles. The Balaban J connectivity index is 1.13. The molecular formula is C50H26N4O2. The number of nitriles is 2. The van der Waals surface area contributed by atoms with E-state index in [9.17, 15) is 10.5 Å². The summed E-state index contributed by atoms with van der Waals surface area (Å²) in [6.45, 7) is 0. The van der Waals surface area contributed by atoms with Crippen molar-refractivity contribution < 1.29 is 8.83 Å². The monoisotopic (exact) mass is 714 g/mol. The lowest BCUT2D eigenvalue weighted by Crippen LogP contribution is -1.96. The van der Waals surface area contributed by atoms with Gasteiger partial charge in [0, 0.05) is 66.6 Å². The highest BCUT2D eigenvalue weighted by molar-refractivity contribution is 6.20. The van der Waals surface area contributed by atoms with Gasteiger partial charge in [0.15, 0.2) is 0 Å². The van der Waals surface area contributed by atoms with Crippen molar-refractivity contribution in [2.24, 2.45) is 0 Å². The first kappa shape index (κ1) is 30.4. The lowest BCUT2D eigenvalue weighted by atomic mass is 10.00. The van der Waals surface area contributed by atoms with Gasteiger partial charge in [0.05, 0.1) is 45.3 Å². The smallest absolute Gasteiger partial charge is 0.137 e. The highest BCUT2D eigenvalue weighted by atomic mass is 16.3. The predicted molar refractivity (Wildman–Crippen MR) is 225 cm³/mol. The average molecular weight is 715 g/mol. The fourth-order valence-corrected chi connectivity index (χ4v) is 8.84. The van der Waals surface area contributed by atoms with E-state index < -0.39 is 0 Å². The molecule has 0 bridgehead atoms. The zero-order valence-electron chi connectivity index (χ0n) is 29.6. The summed E-state index contributed by atoms with van der Waals surface area (Å²) in [5.41, 5.74) is 12.3. The number of para-hydroxylation sites is 3. The van der Waals surface area contributed by atoms with Crippen molar-refractivity contribution >= 4 is 87.5 Å². The fraction of sp³-hybridized carbons (Fsp3) is 0. The Kier molecular flexibility index (Phi) is 6.10. The molecule has 0 radical (unpaired) electrons. The molecule has 258 valence electrons. The number of hydrogen-bond donors (Lipinski definition) is 0. The Hall–Kier alpha value is -8.06. The maximum absolute atomic E-state index is 9.90. The Morgan fingerprint density at radius 3 is 1.32 bits per heavy atom. The van der Waals surface area contributed by atoms with Crippen molar-refractivity contribution in [2.75, 3.05) is 0 Å². The van der Waals surface area contributed by atoms with Crippen molar-refractivity contribution in [3.63, 3.8) is 0 Å². The lowest BCUT2D eigenvalue weighted by molar-refractivity contribution is 0.669. The van der Waals surface area contributed by atoms with Gasteiger partial charge in [-0.15, -0.1) is 0 Å². The van der Waals surface area contributed by atoms with Crippen LogP contribution in [0.3, 0.4) is 0 Å². The zero-order valence-corrected chi connectivity index (χ0v) is 29.6. The van der Waals surface area contributed by atoms with Crippen LogP contribution >= 0.6 is 0 Å². The first-order chi connectivity index (χ1) is 27.6. The number of benzene rings is 8. The summed E-state index contributed by atoms with van der Waals surface area (Å²) in [5, 5.41) is 28.5. The van der Waals surface area contributed by atoms with E-state index in [1.165, 1.54) is 0 Å². The first-order valence-electron chi connectivity index (χ1n) is 18.4. The van der Waals surface area contributed by atoms with Gasteiger partial charge in [0.25, 0.3) is 0 Å². The van der Waals surface area contributed by atoms with Crippen molar-refractivity contribution in [3.05, 3.63) is 169 Å². The highest BCUT2D eigenvalue weighted by Crippen LogP contribution is 2.42. The molecule has 6 nitrogen and oxygen atoms in total. The molecule has 8 aromatic carbocycles. The van der Waals surface area contributed by atoms with Crippen LogP contribution in [0.15, 0.2) is 167 Å². The third kappa shape index (κ3) is 4.24. The maximum Gasteiger partial charge on any atom is 0.137 e. The second kappa shape index (κ2) is 11.2. The molecule has 12 aromatic rings. The summed E-state index contributed by atoms with van der Waals surface area (Å²) in [6.07, 6.45) is 0. The first-order valence-corrected chi connectivity index (χ1v) is 18.4. The van der Waals surface area contributed by atoms with E-state index in [4.69, 9.17) is 8.83 Å². The van der Waals surface area contributed by atoms with Crippen LogP contribution in [-0.4, -0.2) is 9.13 Å². The summed E-state index contributed by atoms with van der Waals surface area (Å²) in [6, 6.07) is 58.7. The molecule has 0 saturated carbocycles. The third-order valence-corrected chi connectivity index (χ3v) is 11.3. The van der Waals surface area contributed by atoms with Gasteiger partial charge >= 0.3 is 0 Å². The molecule has 4 heterocycles. The van der Waals surface area contributed by atoms with Gasteiger partial charge in [-0.3, -0.25) is 0 Å². The van der Waals surface area contributed by atoms with Crippen LogP contribution in [0.1, 0.15) is 11.1 Å². The minimum atomic E-state index is 0.430.